The number of nitrogens with one attached hydrogen (secondary N) is 2. The minimum absolute atomic E-state index is 0.178. The zero-order chi connectivity index (χ0) is 25.8. The summed E-state index contributed by atoms with van der Waals surface area (Å²) in [5.41, 5.74) is 4.23. The number of carbonyl (C=O) groups excluding carboxylic acids is 1. The van der Waals surface area contributed by atoms with Crippen molar-refractivity contribution in [3.63, 3.8) is 0 Å². The molecular formula is C29H33N3O4S. The summed E-state index contributed by atoms with van der Waals surface area (Å²) in [6.45, 7) is 1.63. The molecule has 0 spiro atoms. The normalized spacial score (nSPS) is 17.3. The van der Waals surface area contributed by atoms with Crippen LogP contribution in [0.15, 0.2) is 71.6 Å². The van der Waals surface area contributed by atoms with E-state index in [9.17, 15) is 13.2 Å². The van der Waals surface area contributed by atoms with E-state index in [1.165, 1.54) is 5.56 Å². The molecule has 0 radical (unpaired) electrons. The Hall–Kier alpha value is -3.36. The third-order valence-corrected chi connectivity index (χ3v) is 8.67. The largest absolute Gasteiger partial charge is 0.497 e. The Morgan fingerprint density at radius 1 is 1.00 bits per heavy atom. The van der Waals surface area contributed by atoms with Crippen LogP contribution in [0.5, 0.6) is 5.75 Å². The van der Waals surface area contributed by atoms with Gasteiger partial charge in [0, 0.05) is 24.8 Å². The molecule has 2 N–H and O–H groups in total. The van der Waals surface area contributed by atoms with E-state index in [2.05, 4.69) is 21.0 Å². The van der Waals surface area contributed by atoms with Crippen LogP contribution in [-0.2, 0) is 27.7 Å². The molecule has 8 heteroatoms. The summed E-state index contributed by atoms with van der Waals surface area (Å²) in [4.78, 5) is 15.1. The highest BCUT2D eigenvalue weighted by Gasteiger charge is 2.29. The number of nitrogens with zero attached hydrogens (tertiary/aromatic N) is 1. The summed E-state index contributed by atoms with van der Waals surface area (Å²) in [5, 5.41) is 2.89. The molecule has 1 atom stereocenters. The van der Waals surface area contributed by atoms with Gasteiger partial charge in [0.25, 0.3) is 0 Å². The first-order chi connectivity index (χ1) is 17.9. The van der Waals surface area contributed by atoms with Crippen molar-refractivity contribution in [2.45, 2.75) is 49.5 Å². The van der Waals surface area contributed by atoms with Gasteiger partial charge >= 0.3 is 0 Å². The van der Waals surface area contributed by atoms with Crippen LogP contribution in [0.3, 0.4) is 0 Å². The van der Waals surface area contributed by atoms with Gasteiger partial charge in [-0.2, -0.15) is 0 Å². The molecule has 0 saturated carbocycles. The third-order valence-electron chi connectivity index (χ3n) is 7.17. The van der Waals surface area contributed by atoms with Crippen LogP contribution in [0.1, 0.15) is 48.4 Å². The summed E-state index contributed by atoms with van der Waals surface area (Å²) < 4.78 is 35.8. The smallest absolute Gasteiger partial charge is 0.243 e. The van der Waals surface area contributed by atoms with Crippen LogP contribution in [0.25, 0.3) is 0 Å². The first-order valence-corrected chi connectivity index (χ1v) is 14.3. The highest BCUT2D eigenvalue weighted by atomic mass is 32.2. The van der Waals surface area contributed by atoms with Gasteiger partial charge in [0.15, 0.2) is 0 Å². The Morgan fingerprint density at radius 2 is 1.76 bits per heavy atom. The van der Waals surface area contributed by atoms with E-state index in [0.29, 0.717) is 11.4 Å². The number of fused-ring (bicyclic) bond motifs is 1. The summed E-state index contributed by atoms with van der Waals surface area (Å²) in [6, 6.07) is 20.3. The predicted molar refractivity (Wildman–Crippen MR) is 146 cm³/mol. The fourth-order valence-corrected chi connectivity index (χ4v) is 6.79. The second kappa shape index (κ2) is 10.9. The number of ether oxygens (including phenoxy) is 1. The molecule has 0 unspecified atom stereocenters. The van der Waals surface area contributed by atoms with Gasteiger partial charge in [0.2, 0.25) is 15.9 Å². The molecule has 194 valence electrons. The van der Waals surface area contributed by atoms with E-state index >= 15 is 0 Å². The number of amides is 1. The number of anilines is 2. The number of rotatable bonds is 8. The summed E-state index contributed by atoms with van der Waals surface area (Å²) in [6.07, 6.45) is 4.89. The van der Waals surface area contributed by atoms with Crippen LogP contribution in [0.4, 0.5) is 11.4 Å². The molecule has 1 aliphatic carbocycles. The Bertz CT molecular complexity index is 1370. The van der Waals surface area contributed by atoms with Crippen molar-refractivity contribution in [1.82, 2.24) is 4.72 Å². The maximum Gasteiger partial charge on any atom is 0.243 e. The van der Waals surface area contributed by atoms with E-state index in [1.54, 1.807) is 19.2 Å². The number of hydrogen-bond acceptors (Lipinski definition) is 5. The maximum atomic E-state index is 13.8. The number of aryl methyl sites for hydroxylation is 1. The van der Waals surface area contributed by atoms with Gasteiger partial charge in [-0.05, 0) is 79.1 Å². The van der Waals surface area contributed by atoms with Gasteiger partial charge in [-0.25, -0.2) is 13.1 Å². The molecular weight excluding hydrogens is 486 g/mol. The van der Waals surface area contributed by atoms with E-state index in [1.807, 2.05) is 48.5 Å². The molecule has 7 nitrogen and oxygen atoms in total. The third kappa shape index (κ3) is 5.81. The quantitative estimate of drug-likeness (QED) is 0.445. The molecule has 3 aromatic carbocycles. The van der Waals surface area contributed by atoms with Crippen molar-refractivity contribution in [1.29, 1.82) is 0 Å². The number of hydrogen-bond donors (Lipinski definition) is 2. The molecule has 1 aliphatic heterocycles. The van der Waals surface area contributed by atoms with Crippen molar-refractivity contribution in [2.24, 2.45) is 0 Å². The molecule has 0 bridgehead atoms. The van der Waals surface area contributed by atoms with Crippen molar-refractivity contribution in [3.8, 4) is 5.75 Å². The number of carbonyl (C=O) groups is 1. The van der Waals surface area contributed by atoms with Gasteiger partial charge in [0.1, 0.15) is 10.6 Å². The van der Waals surface area contributed by atoms with E-state index in [4.69, 9.17) is 4.74 Å². The standard InChI is InChI=1S/C29H33N3O4S/c1-36-24-14-11-21(12-15-24)19-29(33)30-23-13-16-27(32-17-4-5-18-32)28(20-23)37(34,35)31-26-10-6-8-22-7-2-3-9-25(22)26/h2-3,7,9,11-16,20,26,31H,4-6,8,10,17-19H2,1H3,(H,30,33)/t26-/m0/s1. The molecule has 5 rings (SSSR count). The molecule has 1 saturated heterocycles. The van der Waals surface area contributed by atoms with Crippen molar-refractivity contribution in [2.75, 3.05) is 30.4 Å². The molecule has 3 aromatic rings. The molecule has 1 heterocycles. The Labute approximate surface area is 218 Å². The molecule has 1 fully saturated rings. The Balaban J connectivity index is 1.40. The van der Waals surface area contributed by atoms with Crippen LogP contribution < -0.4 is 19.7 Å². The van der Waals surface area contributed by atoms with Gasteiger partial charge in [-0.3, -0.25) is 4.79 Å². The molecule has 1 amide bonds. The van der Waals surface area contributed by atoms with Gasteiger partial charge in [-0.1, -0.05) is 36.4 Å². The van der Waals surface area contributed by atoms with Gasteiger partial charge < -0.3 is 15.0 Å². The fraction of sp³-hybridized carbons (Fsp3) is 0.345. The Kier molecular flexibility index (Phi) is 7.48. The predicted octanol–water partition coefficient (Wildman–Crippen LogP) is 4.83. The first-order valence-electron chi connectivity index (χ1n) is 12.8. The summed E-state index contributed by atoms with van der Waals surface area (Å²) in [5.74, 6) is 0.515. The van der Waals surface area contributed by atoms with Crippen LogP contribution in [0.2, 0.25) is 0 Å². The lowest BCUT2D eigenvalue weighted by Crippen LogP contribution is -2.32. The highest BCUT2D eigenvalue weighted by Crippen LogP contribution is 2.35. The van der Waals surface area contributed by atoms with Crippen LogP contribution >= 0.6 is 0 Å². The second-order valence-corrected chi connectivity index (χ2v) is 11.4. The van der Waals surface area contributed by atoms with E-state index in [-0.39, 0.29) is 23.3 Å². The maximum absolute atomic E-state index is 13.8. The summed E-state index contributed by atoms with van der Waals surface area (Å²) in [7, 11) is -2.25. The average molecular weight is 520 g/mol. The lowest BCUT2D eigenvalue weighted by Gasteiger charge is -2.28. The van der Waals surface area contributed by atoms with Crippen LogP contribution in [0, 0.1) is 0 Å². The van der Waals surface area contributed by atoms with Gasteiger partial charge in [-0.15, -0.1) is 0 Å². The Morgan fingerprint density at radius 3 is 2.51 bits per heavy atom. The van der Waals surface area contributed by atoms with Crippen LogP contribution in [-0.4, -0.2) is 34.5 Å². The fourth-order valence-electron chi connectivity index (χ4n) is 5.29. The highest BCUT2D eigenvalue weighted by molar-refractivity contribution is 7.89. The lowest BCUT2D eigenvalue weighted by molar-refractivity contribution is -0.115. The number of methoxy groups -OCH3 is 1. The zero-order valence-electron chi connectivity index (χ0n) is 21.1. The minimum atomic E-state index is -3.85. The number of sulfonamides is 1. The molecule has 37 heavy (non-hydrogen) atoms. The minimum Gasteiger partial charge on any atom is -0.497 e. The zero-order valence-corrected chi connectivity index (χ0v) is 21.9. The first kappa shape index (κ1) is 25.3. The van der Waals surface area contributed by atoms with Gasteiger partial charge in [0.05, 0.1) is 19.2 Å². The molecule has 2 aliphatic rings. The van der Waals surface area contributed by atoms with E-state index < -0.39 is 10.0 Å². The average Bonchev–Trinajstić information content (AvgIpc) is 3.44. The SMILES string of the molecule is COc1ccc(CC(=O)Nc2ccc(N3CCCC3)c(S(=O)(=O)N[C@H]3CCCc4ccccc43)c2)cc1. The molecule has 0 aromatic heterocycles. The monoisotopic (exact) mass is 519 g/mol. The van der Waals surface area contributed by atoms with Crippen molar-refractivity contribution >= 4 is 27.3 Å². The second-order valence-electron chi connectivity index (χ2n) is 9.71. The number of benzene rings is 3. The van der Waals surface area contributed by atoms with Crippen molar-refractivity contribution < 1.29 is 17.9 Å². The van der Waals surface area contributed by atoms with Crippen molar-refractivity contribution in [3.05, 3.63) is 83.4 Å². The van der Waals surface area contributed by atoms with E-state index in [0.717, 1.165) is 62.1 Å². The topological polar surface area (TPSA) is 87.7 Å². The lowest BCUT2D eigenvalue weighted by atomic mass is 9.88. The summed E-state index contributed by atoms with van der Waals surface area (Å²) >= 11 is 0.